The van der Waals surface area contributed by atoms with Crippen LogP contribution in [-0.4, -0.2) is 34.4 Å². The highest BCUT2D eigenvalue weighted by Gasteiger charge is 2.42. The summed E-state index contributed by atoms with van der Waals surface area (Å²) in [5, 5.41) is 18.4. The van der Waals surface area contributed by atoms with Gasteiger partial charge in [-0.15, -0.1) is 0 Å². The largest absolute Gasteiger partial charge is 0.481 e. The van der Waals surface area contributed by atoms with Crippen LogP contribution in [0.5, 0.6) is 0 Å². The maximum atomic E-state index is 11.5. The molecular weight excluding hydrogens is 332 g/mol. The molecule has 2 N–H and O–H groups in total. The number of carboxylic acid groups (broad SMARTS) is 1. The van der Waals surface area contributed by atoms with Crippen LogP contribution in [0.3, 0.4) is 0 Å². The lowest BCUT2D eigenvalue weighted by atomic mass is 9.93. The molecule has 1 rings (SSSR count). The Bertz CT molecular complexity index is 444. The molecule has 0 radical (unpaired) electrons. The van der Waals surface area contributed by atoms with Gasteiger partial charge in [-0.05, 0) is 26.2 Å². The second-order valence-electron chi connectivity index (χ2n) is 7.60. The van der Waals surface area contributed by atoms with Crippen LogP contribution in [0.4, 0.5) is 0 Å². The molecule has 0 saturated carbocycles. The van der Waals surface area contributed by atoms with Crippen molar-refractivity contribution in [3.8, 4) is 0 Å². The Morgan fingerprint density at radius 2 is 1.46 bits per heavy atom. The summed E-state index contributed by atoms with van der Waals surface area (Å²) in [5.74, 6) is -2.45. The zero-order valence-corrected chi connectivity index (χ0v) is 16.3. The van der Waals surface area contributed by atoms with E-state index in [-0.39, 0.29) is 11.7 Å². The molecule has 0 amide bonds. The standard InChI is InChI=1S/C21H36O5/c1-16(22)14-12-10-8-6-4-3-5-7-9-11-13-15-18-19(20(23)24)17(2)21(25)26-18/h16,18-19,22H,2-15H2,1H3,(H,23,24)/t16-,18+,19?/m0/s1. The highest BCUT2D eigenvalue weighted by molar-refractivity contribution is 5.97. The van der Waals surface area contributed by atoms with Crippen LogP contribution in [0.2, 0.25) is 0 Å². The highest BCUT2D eigenvalue weighted by atomic mass is 16.6. The molecule has 0 aromatic rings. The topological polar surface area (TPSA) is 83.8 Å². The van der Waals surface area contributed by atoms with Crippen molar-refractivity contribution in [2.24, 2.45) is 5.92 Å². The van der Waals surface area contributed by atoms with Crippen molar-refractivity contribution in [3.05, 3.63) is 12.2 Å². The van der Waals surface area contributed by atoms with Crippen molar-refractivity contribution in [2.75, 3.05) is 0 Å². The van der Waals surface area contributed by atoms with Crippen molar-refractivity contribution < 1.29 is 24.5 Å². The van der Waals surface area contributed by atoms with E-state index in [4.69, 9.17) is 4.74 Å². The van der Waals surface area contributed by atoms with E-state index in [2.05, 4.69) is 6.58 Å². The number of aliphatic hydroxyl groups excluding tert-OH is 1. The summed E-state index contributed by atoms with van der Waals surface area (Å²) in [6.45, 7) is 5.39. The fourth-order valence-electron chi connectivity index (χ4n) is 3.54. The third kappa shape index (κ3) is 8.84. The number of carboxylic acids is 1. The molecule has 0 bridgehead atoms. The predicted octanol–water partition coefficient (Wildman–Crippen LogP) is 4.62. The molecule has 5 nitrogen and oxygen atoms in total. The molecule has 3 atom stereocenters. The molecule has 26 heavy (non-hydrogen) atoms. The summed E-state index contributed by atoms with van der Waals surface area (Å²) >= 11 is 0. The van der Waals surface area contributed by atoms with Crippen LogP contribution in [0, 0.1) is 5.92 Å². The van der Waals surface area contributed by atoms with Gasteiger partial charge in [-0.3, -0.25) is 4.79 Å². The van der Waals surface area contributed by atoms with E-state index in [9.17, 15) is 19.8 Å². The number of hydrogen-bond acceptors (Lipinski definition) is 4. The molecule has 1 saturated heterocycles. The number of ether oxygens (including phenoxy) is 1. The monoisotopic (exact) mass is 368 g/mol. The Kier molecular flexibility index (Phi) is 11.3. The summed E-state index contributed by atoms with van der Waals surface area (Å²) in [5.41, 5.74) is 0.0772. The number of cyclic esters (lactones) is 1. The van der Waals surface area contributed by atoms with Gasteiger partial charge in [-0.25, -0.2) is 4.79 Å². The van der Waals surface area contributed by atoms with Crippen LogP contribution in [0.25, 0.3) is 0 Å². The molecule has 1 aliphatic rings. The second kappa shape index (κ2) is 12.9. The summed E-state index contributed by atoms with van der Waals surface area (Å²) in [6, 6.07) is 0. The predicted molar refractivity (Wildman–Crippen MR) is 102 cm³/mol. The Labute approximate surface area is 157 Å². The Balaban J connectivity index is 1.93. The molecule has 150 valence electrons. The van der Waals surface area contributed by atoms with Gasteiger partial charge in [0.05, 0.1) is 6.10 Å². The number of aliphatic hydroxyl groups is 1. The van der Waals surface area contributed by atoms with Gasteiger partial charge < -0.3 is 14.9 Å². The number of unbranched alkanes of at least 4 members (excludes halogenated alkanes) is 10. The minimum atomic E-state index is -1.02. The van der Waals surface area contributed by atoms with E-state index >= 15 is 0 Å². The molecular formula is C21H36O5. The van der Waals surface area contributed by atoms with Crippen LogP contribution >= 0.6 is 0 Å². The van der Waals surface area contributed by atoms with E-state index in [1.807, 2.05) is 6.92 Å². The lowest BCUT2D eigenvalue weighted by molar-refractivity contribution is -0.144. The molecule has 0 spiro atoms. The quantitative estimate of drug-likeness (QED) is 0.250. The Morgan fingerprint density at radius 3 is 1.92 bits per heavy atom. The maximum absolute atomic E-state index is 11.5. The third-order valence-corrected chi connectivity index (χ3v) is 5.14. The minimum Gasteiger partial charge on any atom is -0.481 e. The van der Waals surface area contributed by atoms with Crippen molar-refractivity contribution >= 4 is 11.9 Å². The van der Waals surface area contributed by atoms with Gasteiger partial charge in [0.1, 0.15) is 12.0 Å². The number of rotatable bonds is 15. The van der Waals surface area contributed by atoms with Gasteiger partial charge in [-0.1, -0.05) is 70.8 Å². The Morgan fingerprint density at radius 1 is 1.00 bits per heavy atom. The average Bonchev–Trinajstić information content (AvgIpc) is 2.86. The van der Waals surface area contributed by atoms with Crippen molar-refractivity contribution in [1.29, 1.82) is 0 Å². The first-order valence-electron chi connectivity index (χ1n) is 10.2. The first-order chi connectivity index (χ1) is 12.4. The van der Waals surface area contributed by atoms with Gasteiger partial charge in [0.25, 0.3) is 0 Å². The fourth-order valence-corrected chi connectivity index (χ4v) is 3.54. The summed E-state index contributed by atoms with van der Waals surface area (Å²) in [6.07, 6.45) is 13.8. The van der Waals surface area contributed by atoms with Gasteiger partial charge in [-0.2, -0.15) is 0 Å². The first kappa shape index (κ1) is 22.7. The van der Waals surface area contributed by atoms with Gasteiger partial charge in [0.2, 0.25) is 0 Å². The molecule has 0 aromatic carbocycles. The molecule has 5 heteroatoms. The summed E-state index contributed by atoms with van der Waals surface area (Å²) in [7, 11) is 0. The maximum Gasteiger partial charge on any atom is 0.334 e. The number of esters is 1. The normalized spacial score (nSPS) is 21.0. The molecule has 1 fully saturated rings. The molecule has 1 heterocycles. The van der Waals surface area contributed by atoms with E-state index in [1.54, 1.807) is 0 Å². The van der Waals surface area contributed by atoms with E-state index in [0.717, 1.165) is 32.1 Å². The average molecular weight is 369 g/mol. The summed E-state index contributed by atoms with van der Waals surface area (Å²) < 4.78 is 5.13. The van der Waals surface area contributed by atoms with Crippen molar-refractivity contribution in [1.82, 2.24) is 0 Å². The van der Waals surface area contributed by atoms with Crippen LogP contribution in [0.15, 0.2) is 12.2 Å². The van der Waals surface area contributed by atoms with E-state index in [1.165, 1.54) is 44.9 Å². The van der Waals surface area contributed by atoms with Gasteiger partial charge in [0.15, 0.2) is 0 Å². The van der Waals surface area contributed by atoms with Gasteiger partial charge >= 0.3 is 11.9 Å². The zero-order chi connectivity index (χ0) is 19.4. The molecule has 1 aliphatic heterocycles. The fraction of sp³-hybridized carbons (Fsp3) is 0.810. The molecule has 0 aromatic heterocycles. The molecule has 0 aliphatic carbocycles. The van der Waals surface area contributed by atoms with Crippen LogP contribution < -0.4 is 0 Å². The smallest absolute Gasteiger partial charge is 0.334 e. The zero-order valence-electron chi connectivity index (χ0n) is 16.3. The van der Waals surface area contributed by atoms with Crippen LogP contribution in [0.1, 0.15) is 90.4 Å². The second-order valence-corrected chi connectivity index (χ2v) is 7.60. The number of aliphatic carboxylic acids is 1. The number of carbonyl (C=O) groups excluding carboxylic acids is 1. The lowest BCUT2D eigenvalue weighted by Gasteiger charge is -2.13. The van der Waals surface area contributed by atoms with E-state index < -0.39 is 24.0 Å². The third-order valence-electron chi connectivity index (χ3n) is 5.14. The van der Waals surface area contributed by atoms with Crippen molar-refractivity contribution in [3.63, 3.8) is 0 Å². The van der Waals surface area contributed by atoms with Crippen LogP contribution in [-0.2, 0) is 14.3 Å². The number of carbonyl (C=O) groups is 2. The molecule has 1 unspecified atom stereocenters. The van der Waals surface area contributed by atoms with E-state index in [0.29, 0.717) is 6.42 Å². The minimum absolute atomic E-state index is 0.0772. The summed E-state index contributed by atoms with van der Waals surface area (Å²) in [4.78, 5) is 22.7. The Hall–Kier alpha value is -1.36. The number of hydrogen-bond donors (Lipinski definition) is 2. The van der Waals surface area contributed by atoms with Gasteiger partial charge in [0, 0.05) is 5.57 Å². The first-order valence-corrected chi connectivity index (χ1v) is 10.2. The lowest BCUT2D eigenvalue weighted by Crippen LogP contribution is -2.24. The highest BCUT2D eigenvalue weighted by Crippen LogP contribution is 2.30. The van der Waals surface area contributed by atoms with Crippen molar-refractivity contribution in [2.45, 2.75) is 103 Å². The SMILES string of the molecule is C=C1C(=O)O[C@H](CCCCCCCCCCCCC[C@H](C)O)C1C(=O)O.